The lowest BCUT2D eigenvalue weighted by atomic mass is 9.82. The van der Waals surface area contributed by atoms with Crippen LogP contribution in [-0.2, 0) is 11.2 Å². The van der Waals surface area contributed by atoms with Crippen LogP contribution >= 0.6 is 0 Å². The molecule has 2 aromatic rings. The fourth-order valence-corrected chi connectivity index (χ4v) is 7.15. The number of amides is 1. The van der Waals surface area contributed by atoms with E-state index >= 15 is 0 Å². The topological polar surface area (TPSA) is 38.8 Å². The van der Waals surface area contributed by atoms with Crippen LogP contribution in [0.5, 0.6) is 0 Å². The number of aryl methyl sites for hydroxylation is 3. The molecule has 0 saturated carbocycles. The molecule has 5 nitrogen and oxygen atoms in total. The Kier molecular flexibility index (Phi) is 15.9. The van der Waals surface area contributed by atoms with Crippen molar-refractivity contribution >= 4 is 11.6 Å². The smallest absolute Gasteiger partial charge is 0.228 e. The number of para-hydroxylation sites is 1. The quantitative estimate of drug-likeness (QED) is 0.310. The number of hydrogen-bond acceptors (Lipinski definition) is 4. The van der Waals surface area contributed by atoms with E-state index < -0.39 is 0 Å². The van der Waals surface area contributed by atoms with Gasteiger partial charge < -0.3 is 20.0 Å². The molecule has 1 amide bonds. The summed E-state index contributed by atoms with van der Waals surface area (Å²) in [6.07, 6.45) is 8.84. The zero-order valence-corrected chi connectivity index (χ0v) is 31.9. The van der Waals surface area contributed by atoms with E-state index in [9.17, 15) is 4.79 Å². The molecule has 1 N–H and O–H groups in total. The van der Waals surface area contributed by atoms with E-state index in [2.05, 4.69) is 106 Å². The summed E-state index contributed by atoms with van der Waals surface area (Å²) >= 11 is 0. The Hall–Kier alpha value is -2.21. The normalized spacial score (nSPS) is 22.1. The summed E-state index contributed by atoms with van der Waals surface area (Å²) < 4.78 is 0. The first-order chi connectivity index (χ1) is 22.3. The monoisotopic (exact) mass is 647 g/mol. The Morgan fingerprint density at radius 3 is 1.87 bits per heavy atom. The molecule has 47 heavy (non-hydrogen) atoms. The third-order valence-corrected chi connectivity index (χ3v) is 10.9. The van der Waals surface area contributed by atoms with Gasteiger partial charge >= 0.3 is 0 Å². The first-order valence-electron chi connectivity index (χ1n) is 18.9. The predicted molar refractivity (Wildman–Crippen MR) is 203 cm³/mol. The van der Waals surface area contributed by atoms with Gasteiger partial charge in [-0.25, -0.2) is 0 Å². The van der Waals surface area contributed by atoms with Crippen LogP contribution in [0.4, 0.5) is 5.69 Å². The number of rotatable bonds is 8. The van der Waals surface area contributed by atoms with E-state index in [1.54, 1.807) is 0 Å². The molecule has 3 heterocycles. The van der Waals surface area contributed by atoms with E-state index in [1.807, 2.05) is 32.0 Å². The van der Waals surface area contributed by atoms with Crippen molar-refractivity contribution in [3.63, 3.8) is 0 Å². The summed E-state index contributed by atoms with van der Waals surface area (Å²) in [5.41, 5.74) is 5.35. The highest BCUT2D eigenvalue weighted by molar-refractivity contribution is 5.94. The second kappa shape index (κ2) is 19.1. The summed E-state index contributed by atoms with van der Waals surface area (Å²) in [4.78, 5) is 20.1. The highest BCUT2D eigenvalue weighted by Gasteiger charge is 2.28. The van der Waals surface area contributed by atoms with Crippen molar-refractivity contribution < 1.29 is 4.79 Å². The van der Waals surface area contributed by atoms with E-state index in [4.69, 9.17) is 0 Å². The lowest BCUT2D eigenvalue weighted by molar-refractivity contribution is -0.121. The minimum absolute atomic E-state index is 0.116. The number of likely N-dealkylation sites (tertiary alicyclic amines) is 3. The Morgan fingerprint density at radius 1 is 0.745 bits per heavy atom. The molecule has 3 aliphatic rings. The Labute approximate surface area is 289 Å². The van der Waals surface area contributed by atoms with Gasteiger partial charge in [-0.05, 0) is 155 Å². The van der Waals surface area contributed by atoms with Gasteiger partial charge in [0, 0.05) is 36.9 Å². The van der Waals surface area contributed by atoms with E-state index in [1.165, 1.54) is 63.8 Å². The number of benzene rings is 2. The fraction of sp³-hybridized carbons (Fsp3) is 0.690. The molecule has 0 bridgehead atoms. The van der Waals surface area contributed by atoms with Gasteiger partial charge in [0.05, 0.1) is 5.92 Å². The van der Waals surface area contributed by atoms with Gasteiger partial charge in [-0.1, -0.05) is 62.4 Å². The SMILES string of the molecule is CC(C)N1CCC(C)(C)CC1.CC(C)N1CCC(CCc2ccccc2)C1.Cc1cccc(C)c1NC(=O)C1CCCN(C(C)C)C1. The molecule has 264 valence electrons. The first-order valence-corrected chi connectivity index (χ1v) is 18.9. The molecule has 0 radical (unpaired) electrons. The van der Waals surface area contributed by atoms with Crippen molar-refractivity contribution in [3.8, 4) is 0 Å². The van der Waals surface area contributed by atoms with Crippen LogP contribution in [0.25, 0.3) is 0 Å². The molecule has 0 aliphatic carbocycles. The van der Waals surface area contributed by atoms with Crippen LogP contribution in [0.2, 0.25) is 0 Å². The zero-order valence-electron chi connectivity index (χ0n) is 31.9. The van der Waals surface area contributed by atoms with Crippen LogP contribution in [0, 0.1) is 31.1 Å². The zero-order chi connectivity index (χ0) is 34.6. The number of hydrogen-bond donors (Lipinski definition) is 1. The molecule has 2 aromatic carbocycles. The molecule has 5 rings (SSSR count). The molecule has 0 spiro atoms. The van der Waals surface area contributed by atoms with Gasteiger partial charge in [0.15, 0.2) is 0 Å². The summed E-state index contributed by atoms with van der Waals surface area (Å²) in [5, 5.41) is 3.14. The third-order valence-electron chi connectivity index (χ3n) is 10.9. The molecule has 0 aromatic heterocycles. The molecule has 5 heteroatoms. The number of carbonyl (C=O) groups excluding carboxylic acids is 1. The van der Waals surface area contributed by atoms with E-state index in [-0.39, 0.29) is 11.8 Å². The maximum Gasteiger partial charge on any atom is 0.228 e. The van der Waals surface area contributed by atoms with Crippen LogP contribution in [0.3, 0.4) is 0 Å². The minimum Gasteiger partial charge on any atom is -0.325 e. The molecular weight excluding hydrogens is 576 g/mol. The van der Waals surface area contributed by atoms with Crippen molar-refractivity contribution in [1.82, 2.24) is 14.7 Å². The molecule has 2 unspecified atom stereocenters. The van der Waals surface area contributed by atoms with Crippen molar-refractivity contribution in [2.75, 3.05) is 44.6 Å². The van der Waals surface area contributed by atoms with Crippen molar-refractivity contribution in [2.45, 2.75) is 132 Å². The number of carbonyl (C=O) groups is 1. The molecule has 3 aliphatic heterocycles. The van der Waals surface area contributed by atoms with Gasteiger partial charge in [0.1, 0.15) is 0 Å². The largest absolute Gasteiger partial charge is 0.325 e. The lowest BCUT2D eigenvalue weighted by Gasteiger charge is -2.38. The summed E-state index contributed by atoms with van der Waals surface area (Å²) in [5.74, 6) is 1.21. The van der Waals surface area contributed by atoms with E-state index in [0.29, 0.717) is 11.5 Å². The number of piperidine rings is 2. The average Bonchev–Trinajstić information content (AvgIpc) is 3.53. The Morgan fingerprint density at radius 2 is 1.32 bits per heavy atom. The molecule has 3 saturated heterocycles. The van der Waals surface area contributed by atoms with Crippen LogP contribution in [0.1, 0.15) is 111 Å². The predicted octanol–water partition coefficient (Wildman–Crippen LogP) is 9.23. The van der Waals surface area contributed by atoms with Gasteiger partial charge in [0.25, 0.3) is 0 Å². The maximum absolute atomic E-state index is 12.5. The van der Waals surface area contributed by atoms with Crippen molar-refractivity contribution in [1.29, 1.82) is 0 Å². The first kappa shape index (κ1) is 39.2. The fourth-order valence-electron chi connectivity index (χ4n) is 7.15. The molecular formula is C42H70N4O. The highest BCUT2D eigenvalue weighted by atomic mass is 16.1. The molecule has 2 atom stereocenters. The maximum atomic E-state index is 12.5. The molecule has 3 fully saturated rings. The van der Waals surface area contributed by atoms with Gasteiger partial charge in [0.2, 0.25) is 5.91 Å². The summed E-state index contributed by atoms with van der Waals surface area (Å²) in [6, 6.07) is 19.0. The third kappa shape index (κ3) is 13.3. The van der Waals surface area contributed by atoms with Crippen LogP contribution in [0.15, 0.2) is 48.5 Å². The summed E-state index contributed by atoms with van der Waals surface area (Å²) in [7, 11) is 0. The minimum atomic E-state index is 0.116. The van der Waals surface area contributed by atoms with E-state index in [0.717, 1.165) is 60.7 Å². The number of nitrogens with zero attached hydrogens (tertiary/aromatic N) is 3. The Balaban J connectivity index is 0.000000200. The van der Waals surface area contributed by atoms with Crippen molar-refractivity contribution in [2.24, 2.45) is 17.3 Å². The summed E-state index contributed by atoms with van der Waals surface area (Å²) in [6.45, 7) is 29.6. The van der Waals surface area contributed by atoms with Gasteiger partial charge in [-0.3, -0.25) is 4.79 Å². The second-order valence-corrected chi connectivity index (χ2v) is 16.2. The number of nitrogens with one attached hydrogen (secondary N) is 1. The second-order valence-electron chi connectivity index (χ2n) is 16.2. The van der Waals surface area contributed by atoms with Crippen LogP contribution in [-0.4, -0.2) is 78.0 Å². The standard InChI is InChI=1S/C17H26N2O.C15H23N.C10H21N/c1-12(2)19-10-6-9-15(11-19)17(20)18-16-13(3)7-5-8-14(16)4;1-13(2)16-11-10-15(12-16)9-8-14-6-4-3-5-7-14;1-9(2)11-7-5-10(3,4)6-8-11/h5,7-8,12,15H,6,9-11H2,1-4H3,(H,18,20);3-7,13,15H,8-12H2,1-2H3;9H,5-8H2,1-4H3. The van der Waals surface area contributed by atoms with Crippen molar-refractivity contribution in [3.05, 3.63) is 65.2 Å². The van der Waals surface area contributed by atoms with Crippen LogP contribution < -0.4 is 5.32 Å². The van der Waals surface area contributed by atoms with Gasteiger partial charge in [-0.15, -0.1) is 0 Å². The number of anilines is 1. The lowest BCUT2D eigenvalue weighted by Crippen LogP contribution is -2.43. The Bertz CT molecular complexity index is 1160. The van der Waals surface area contributed by atoms with Gasteiger partial charge in [-0.2, -0.15) is 0 Å². The highest BCUT2D eigenvalue weighted by Crippen LogP contribution is 2.30. The average molecular weight is 647 g/mol.